The van der Waals surface area contributed by atoms with Gasteiger partial charge >= 0.3 is 5.97 Å². The maximum atomic E-state index is 12.7. The van der Waals surface area contributed by atoms with Gasteiger partial charge in [-0.3, -0.25) is 19.8 Å². The standard InChI is InChI=1S/C21H24N4O4/c1-25-11-15(12-2-4-13(5-3-12)18(22)23)10-17(20(25)27)19(26)24-16-8-6-14(7-9-16)21(28)29/h2-5,10-11,14,16H,6-9H2,1H3,(H3,22,23)(H,24,26)(H,28,29). The maximum absolute atomic E-state index is 12.7. The average Bonchev–Trinajstić information content (AvgIpc) is 2.70. The van der Waals surface area contributed by atoms with Crippen molar-refractivity contribution in [2.45, 2.75) is 31.7 Å². The predicted molar refractivity (Wildman–Crippen MR) is 109 cm³/mol. The van der Waals surface area contributed by atoms with Crippen LogP contribution in [0.3, 0.4) is 0 Å². The Labute approximate surface area is 167 Å². The first-order valence-corrected chi connectivity index (χ1v) is 9.45. The molecule has 0 unspecified atom stereocenters. The highest BCUT2D eigenvalue weighted by molar-refractivity contribution is 5.96. The van der Waals surface area contributed by atoms with E-state index in [4.69, 9.17) is 16.2 Å². The monoisotopic (exact) mass is 396 g/mol. The summed E-state index contributed by atoms with van der Waals surface area (Å²) in [7, 11) is 1.59. The van der Waals surface area contributed by atoms with Crippen molar-refractivity contribution in [1.29, 1.82) is 5.41 Å². The van der Waals surface area contributed by atoms with Gasteiger partial charge in [-0.05, 0) is 42.9 Å². The van der Waals surface area contributed by atoms with E-state index in [-0.39, 0.29) is 23.4 Å². The van der Waals surface area contributed by atoms with Crippen LogP contribution >= 0.6 is 0 Å². The third-order valence-corrected chi connectivity index (χ3v) is 5.37. The van der Waals surface area contributed by atoms with Gasteiger partial charge in [0.2, 0.25) is 0 Å². The van der Waals surface area contributed by atoms with Gasteiger partial charge in [0.15, 0.2) is 0 Å². The van der Waals surface area contributed by atoms with E-state index in [0.29, 0.717) is 36.8 Å². The number of pyridine rings is 1. The Kier molecular flexibility index (Phi) is 5.81. The van der Waals surface area contributed by atoms with E-state index in [1.54, 1.807) is 43.6 Å². The van der Waals surface area contributed by atoms with Crippen LogP contribution in [0.15, 0.2) is 41.3 Å². The highest BCUT2D eigenvalue weighted by Crippen LogP contribution is 2.25. The zero-order chi connectivity index (χ0) is 21.1. The summed E-state index contributed by atoms with van der Waals surface area (Å²) in [6, 6.07) is 8.41. The van der Waals surface area contributed by atoms with Gasteiger partial charge in [0, 0.05) is 24.8 Å². The Morgan fingerprint density at radius 1 is 1.14 bits per heavy atom. The molecule has 1 heterocycles. The Bertz CT molecular complexity index is 1000. The van der Waals surface area contributed by atoms with E-state index in [9.17, 15) is 14.4 Å². The Balaban J connectivity index is 1.80. The van der Waals surface area contributed by atoms with Crippen LogP contribution in [0.5, 0.6) is 0 Å². The molecular formula is C21H24N4O4. The number of aromatic nitrogens is 1. The van der Waals surface area contributed by atoms with Gasteiger partial charge in [0.1, 0.15) is 11.4 Å². The molecule has 0 aliphatic heterocycles. The van der Waals surface area contributed by atoms with Gasteiger partial charge < -0.3 is 20.7 Å². The molecule has 3 rings (SSSR count). The first kappa shape index (κ1) is 20.3. The Hall–Kier alpha value is -3.42. The number of carbonyl (C=O) groups is 2. The number of amides is 1. The van der Waals surface area contributed by atoms with E-state index in [1.807, 2.05) is 0 Å². The molecule has 152 valence electrons. The third-order valence-electron chi connectivity index (χ3n) is 5.37. The topological polar surface area (TPSA) is 138 Å². The molecule has 0 radical (unpaired) electrons. The fourth-order valence-electron chi connectivity index (χ4n) is 3.62. The second-order valence-electron chi connectivity index (χ2n) is 7.41. The van der Waals surface area contributed by atoms with Crippen molar-refractivity contribution in [3.8, 4) is 11.1 Å². The molecule has 0 atom stereocenters. The molecular weight excluding hydrogens is 372 g/mol. The SMILES string of the molecule is Cn1cc(-c2ccc(C(=N)N)cc2)cc(C(=O)NC2CCC(C(=O)O)CC2)c1=O. The number of nitrogens with two attached hydrogens (primary N) is 1. The number of nitrogens with one attached hydrogen (secondary N) is 2. The minimum atomic E-state index is -0.799. The zero-order valence-electron chi connectivity index (χ0n) is 16.1. The Morgan fingerprint density at radius 2 is 1.76 bits per heavy atom. The third kappa shape index (κ3) is 4.53. The second-order valence-corrected chi connectivity index (χ2v) is 7.41. The molecule has 1 fully saturated rings. The minimum Gasteiger partial charge on any atom is -0.481 e. The lowest BCUT2D eigenvalue weighted by molar-refractivity contribution is -0.142. The first-order valence-electron chi connectivity index (χ1n) is 9.45. The quantitative estimate of drug-likeness (QED) is 0.450. The highest BCUT2D eigenvalue weighted by atomic mass is 16.4. The van der Waals surface area contributed by atoms with Crippen LogP contribution in [0.4, 0.5) is 0 Å². The number of hydrogen-bond acceptors (Lipinski definition) is 4. The molecule has 1 aromatic heterocycles. The molecule has 1 aromatic carbocycles. The summed E-state index contributed by atoms with van der Waals surface area (Å²) in [6.45, 7) is 0. The van der Waals surface area contributed by atoms with Gasteiger partial charge in [-0.15, -0.1) is 0 Å². The van der Waals surface area contributed by atoms with Gasteiger partial charge in [-0.2, -0.15) is 0 Å². The number of aliphatic carboxylic acids is 1. The number of carbonyl (C=O) groups excluding carboxylic acids is 1. The smallest absolute Gasteiger partial charge is 0.306 e. The lowest BCUT2D eigenvalue weighted by Gasteiger charge is -2.26. The van der Waals surface area contributed by atoms with Crippen molar-refractivity contribution in [3.05, 3.63) is 58.0 Å². The van der Waals surface area contributed by atoms with Crippen molar-refractivity contribution in [3.63, 3.8) is 0 Å². The lowest BCUT2D eigenvalue weighted by Crippen LogP contribution is -2.41. The van der Waals surface area contributed by atoms with Crippen LogP contribution in [0.25, 0.3) is 11.1 Å². The molecule has 0 saturated heterocycles. The van der Waals surface area contributed by atoms with Gasteiger partial charge in [0.25, 0.3) is 11.5 Å². The van der Waals surface area contributed by atoms with Crippen molar-refractivity contribution >= 4 is 17.7 Å². The van der Waals surface area contributed by atoms with E-state index >= 15 is 0 Å². The van der Waals surface area contributed by atoms with E-state index in [1.165, 1.54) is 4.57 Å². The summed E-state index contributed by atoms with van der Waals surface area (Å²) >= 11 is 0. The van der Waals surface area contributed by atoms with Crippen LogP contribution in [0, 0.1) is 11.3 Å². The minimum absolute atomic E-state index is 0.0327. The van der Waals surface area contributed by atoms with Gasteiger partial charge in [-0.1, -0.05) is 24.3 Å². The van der Waals surface area contributed by atoms with Crippen LogP contribution < -0.4 is 16.6 Å². The van der Waals surface area contributed by atoms with Crippen LogP contribution in [0.2, 0.25) is 0 Å². The molecule has 1 aliphatic carbocycles. The fraction of sp³-hybridized carbons (Fsp3) is 0.333. The average molecular weight is 396 g/mol. The lowest BCUT2D eigenvalue weighted by atomic mass is 9.86. The Morgan fingerprint density at radius 3 is 2.31 bits per heavy atom. The number of carboxylic acids is 1. The number of carboxylic acid groups (broad SMARTS) is 1. The van der Waals surface area contributed by atoms with Crippen molar-refractivity contribution in [1.82, 2.24) is 9.88 Å². The molecule has 1 amide bonds. The number of nitrogens with zero attached hydrogens (tertiary/aromatic N) is 1. The van der Waals surface area contributed by atoms with Gasteiger partial charge in [-0.25, -0.2) is 0 Å². The molecule has 29 heavy (non-hydrogen) atoms. The summed E-state index contributed by atoms with van der Waals surface area (Å²) in [5.74, 6) is -1.65. The molecule has 2 aromatic rings. The molecule has 1 saturated carbocycles. The summed E-state index contributed by atoms with van der Waals surface area (Å²) in [5, 5.41) is 19.4. The van der Waals surface area contributed by atoms with E-state index < -0.39 is 17.4 Å². The molecule has 5 N–H and O–H groups in total. The number of benzene rings is 1. The summed E-state index contributed by atoms with van der Waals surface area (Å²) in [4.78, 5) is 36.3. The second kappa shape index (κ2) is 8.30. The predicted octanol–water partition coefficient (Wildman–Crippen LogP) is 1.71. The van der Waals surface area contributed by atoms with Crippen molar-refractivity contribution < 1.29 is 14.7 Å². The number of nitrogen functional groups attached to an aromatic ring is 1. The first-order chi connectivity index (χ1) is 13.8. The fourth-order valence-corrected chi connectivity index (χ4v) is 3.62. The molecule has 0 bridgehead atoms. The number of aryl methyl sites for hydroxylation is 1. The summed E-state index contributed by atoms with van der Waals surface area (Å²) < 4.78 is 1.37. The molecule has 0 spiro atoms. The van der Waals surface area contributed by atoms with Crippen LogP contribution in [0.1, 0.15) is 41.6 Å². The van der Waals surface area contributed by atoms with Crippen molar-refractivity contribution in [2.75, 3.05) is 0 Å². The van der Waals surface area contributed by atoms with Crippen LogP contribution in [-0.2, 0) is 11.8 Å². The summed E-state index contributed by atoms with van der Waals surface area (Å²) in [5.41, 5.74) is 7.20. The van der Waals surface area contributed by atoms with Gasteiger partial charge in [0.05, 0.1) is 5.92 Å². The molecule has 1 aliphatic rings. The zero-order valence-corrected chi connectivity index (χ0v) is 16.1. The van der Waals surface area contributed by atoms with Crippen LogP contribution in [-0.4, -0.2) is 33.4 Å². The van der Waals surface area contributed by atoms with E-state index in [0.717, 1.165) is 5.56 Å². The summed E-state index contributed by atoms with van der Waals surface area (Å²) in [6.07, 6.45) is 3.84. The largest absolute Gasteiger partial charge is 0.481 e. The molecule has 8 nitrogen and oxygen atoms in total. The van der Waals surface area contributed by atoms with E-state index in [2.05, 4.69) is 5.32 Å². The highest BCUT2D eigenvalue weighted by Gasteiger charge is 2.27. The maximum Gasteiger partial charge on any atom is 0.306 e. The molecule has 8 heteroatoms. The normalized spacial score (nSPS) is 18.8. The number of amidine groups is 1. The van der Waals surface area contributed by atoms with Crippen molar-refractivity contribution in [2.24, 2.45) is 18.7 Å². The number of hydrogen-bond donors (Lipinski definition) is 4. The number of rotatable bonds is 5.